The highest BCUT2D eigenvalue weighted by atomic mass is 16.6. The van der Waals surface area contributed by atoms with Crippen LogP contribution in [-0.2, 0) is 16.1 Å². The normalized spacial score (nSPS) is 10.4. The molecular weight excluding hydrogens is 354 g/mol. The lowest BCUT2D eigenvalue weighted by atomic mass is 10.1. The average Bonchev–Trinajstić information content (AvgIpc) is 3.35. The molecule has 1 aromatic carbocycles. The van der Waals surface area contributed by atoms with Crippen LogP contribution in [0.3, 0.4) is 0 Å². The second kappa shape index (κ2) is 8.22. The summed E-state index contributed by atoms with van der Waals surface area (Å²) in [6, 6.07) is 9.79. The van der Waals surface area contributed by atoms with Crippen LogP contribution in [0.4, 0.5) is 0 Å². The zero-order valence-corrected chi connectivity index (χ0v) is 14.8. The number of ether oxygens (including phenoxy) is 3. The predicted octanol–water partition coefficient (Wildman–Crippen LogP) is 3.27. The number of rotatable bonds is 8. The summed E-state index contributed by atoms with van der Waals surface area (Å²) >= 11 is 0. The van der Waals surface area contributed by atoms with Gasteiger partial charge in [0.1, 0.15) is 12.3 Å². The molecule has 3 rings (SSSR count). The number of benzene rings is 1. The third kappa shape index (κ3) is 4.55. The molecule has 0 unspecified atom stereocenters. The van der Waals surface area contributed by atoms with E-state index in [1.807, 2.05) is 0 Å². The van der Waals surface area contributed by atoms with E-state index >= 15 is 0 Å². The van der Waals surface area contributed by atoms with Crippen LogP contribution in [0.25, 0.3) is 11.5 Å². The maximum Gasteiger partial charge on any atom is 0.344 e. The summed E-state index contributed by atoms with van der Waals surface area (Å²) in [6.45, 7) is 1.07. The van der Waals surface area contributed by atoms with Gasteiger partial charge in [-0.3, -0.25) is 4.79 Å². The van der Waals surface area contributed by atoms with Crippen LogP contribution in [0.2, 0.25) is 0 Å². The van der Waals surface area contributed by atoms with Gasteiger partial charge in [-0.2, -0.15) is 0 Å². The highest BCUT2D eigenvalue weighted by molar-refractivity contribution is 5.94. The summed E-state index contributed by atoms with van der Waals surface area (Å²) in [5, 5.41) is 3.81. The molecule has 0 bridgehead atoms. The van der Waals surface area contributed by atoms with Crippen molar-refractivity contribution in [3.63, 3.8) is 0 Å². The van der Waals surface area contributed by atoms with Crippen molar-refractivity contribution in [3.8, 4) is 23.0 Å². The van der Waals surface area contributed by atoms with Crippen LogP contribution in [0.5, 0.6) is 11.5 Å². The van der Waals surface area contributed by atoms with Gasteiger partial charge in [-0.15, -0.1) is 0 Å². The average molecular weight is 371 g/mol. The molecule has 27 heavy (non-hydrogen) atoms. The molecule has 0 radical (unpaired) electrons. The number of carbonyl (C=O) groups excluding carboxylic acids is 2. The van der Waals surface area contributed by atoms with Crippen molar-refractivity contribution in [1.82, 2.24) is 5.16 Å². The molecule has 0 aliphatic rings. The summed E-state index contributed by atoms with van der Waals surface area (Å²) in [6.07, 6.45) is 1.52. The fraction of sp³-hybridized carbons (Fsp3) is 0.211. The van der Waals surface area contributed by atoms with Crippen molar-refractivity contribution in [3.05, 3.63) is 53.9 Å². The highest BCUT2D eigenvalue weighted by Gasteiger charge is 2.13. The number of aromatic nitrogens is 1. The zero-order chi connectivity index (χ0) is 19.2. The molecule has 0 saturated heterocycles. The quantitative estimate of drug-likeness (QED) is 0.439. The second-order valence-electron chi connectivity index (χ2n) is 5.53. The van der Waals surface area contributed by atoms with Crippen LogP contribution in [0, 0.1) is 0 Å². The number of nitrogens with zero attached hydrogens (tertiary/aromatic N) is 1. The van der Waals surface area contributed by atoms with E-state index < -0.39 is 5.97 Å². The minimum absolute atomic E-state index is 0.0627. The van der Waals surface area contributed by atoms with E-state index in [1.54, 1.807) is 36.4 Å². The van der Waals surface area contributed by atoms with Gasteiger partial charge in [0.25, 0.3) is 0 Å². The first-order chi connectivity index (χ1) is 13.1. The maximum atomic E-state index is 11.9. The SMILES string of the molecule is COc1cc(C(C)=O)ccc1OCC(=O)OCc1cc(-c2ccco2)on1. The second-order valence-corrected chi connectivity index (χ2v) is 5.53. The van der Waals surface area contributed by atoms with Crippen molar-refractivity contribution in [2.75, 3.05) is 13.7 Å². The van der Waals surface area contributed by atoms with E-state index in [2.05, 4.69) is 5.16 Å². The van der Waals surface area contributed by atoms with Gasteiger partial charge in [0.05, 0.1) is 13.4 Å². The van der Waals surface area contributed by atoms with Gasteiger partial charge in [0.2, 0.25) is 5.76 Å². The Labute approximate surface area is 154 Å². The summed E-state index contributed by atoms with van der Waals surface area (Å²) in [5.41, 5.74) is 0.929. The molecule has 0 saturated carbocycles. The molecule has 0 spiro atoms. The minimum atomic E-state index is -0.588. The van der Waals surface area contributed by atoms with Crippen LogP contribution in [-0.4, -0.2) is 30.6 Å². The third-order valence-corrected chi connectivity index (χ3v) is 3.62. The monoisotopic (exact) mass is 371 g/mol. The molecule has 0 aliphatic carbocycles. The van der Waals surface area contributed by atoms with Gasteiger partial charge in [-0.1, -0.05) is 5.16 Å². The van der Waals surface area contributed by atoms with Crippen LogP contribution in [0.1, 0.15) is 23.0 Å². The Morgan fingerprint density at radius 3 is 2.67 bits per heavy atom. The van der Waals surface area contributed by atoms with Crippen LogP contribution < -0.4 is 9.47 Å². The smallest absolute Gasteiger partial charge is 0.344 e. The van der Waals surface area contributed by atoms with Gasteiger partial charge >= 0.3 is 5.97 Å². The van der Waals surface area contributed by atoms with E-state index in [9.17, 15) is 9.59 Å². The molecule has 8 nitrogen and oxygen atoms in total. The number of Topliss-reactive ketones (excluding diaryl/α,β-unsaturated/α-hetero) is 1. The highest BCUT2D eigenvalue weighted by Crippen LogP contribution is 2.28. The number of hydrogen-bond acceptors (Lipinski definition) is 8. The standard InChI is InChI=1S/C19H17NO7/c1-12(21)13-5-6-16(17(8-13)23-2)25-11-19(22)26-10-14-9-18(27-20-14)15-4-3-7-24-15/h3-9H,10-11H2,1-2H3. The van der Waals surface area contributed by atoms with Crippen molar-refractivity contribution < 1.29 is 32.7 Å². The van der Waals surface area contributed by atoms with Gasteiger partial charge in [0, 0.05) is 11.6 Å². The number of hydrogen-bond donors (Lipinski definition) is 0. The molecule has 0 amide bonds. The lowest BCUT2D eigenvalue weighted by Gasteiger charge is -2.11. The van der Waals surface area contributed by atoms with Gasteiger partial charge in [-0.25, -0.2) is 4.79 Å². The predicted molar refractivity (Wildman–Crippen MR) is 92.5 cm³/mol. The molecule has 2 aromatic heterocycles. The minimum Gasteiger partial charge on any atom is -0.493 e. The van der Waals surface area contributed by atoms with Crippen molar-refractivity contribution >= 4 is 11.8 Å². The molecular formula is C19H17NO7. The van der Waals surface area contributed by atoms with Crippen molar-refractivity contribution in [1.29, 1.82) is 0 Å². The molecule has 3 aromatic rings. The Kier molecular flexibility index (Phi) is 5.55. The topological polar surface area (TPSA) is 101 Å². The Bertz CT molecular complexity index is 927. The van der Waals surface area contributed by atoms with Crippen LogP contribution in [0.15, 0.2) is 51.6 Å². The van der Waals surface area contributed by atoms with Gasteiger partial charge < -0.3 is 23.2 Å². The lowest BCUT2D eigenvalue weighted by molar-refractivity contribution is -0.147. The van der Waals surface area contributed by atoms with Crippen LogP contribution >= 0.6 is 0 Å². The van der Waals surface area contributed by atoms with E-state index in [-0.39, 0.29) is 19.0 Å². The molecule has 0 atom stereocenters. The number of furan rings is 1. The molecule has 140 valence electrons. The Morgan fingerprint density at radius 2 is 1.96 bits per heavy atom. The van der Waals surface area contributed by atoms with E-state index in [4.69, 9.17) is 23.2 Å². The van der Waals surface area contributed by atoms with Crippen molar-refractivity contribution in [2.24, 2.45) is 0 Å². The molecule has 2 heterocycles. The van der Waals surface area contributed by atoms with Gasteiger partial charge in [-0.05, 0) is 37.3 Å². The summed E-state index contributed by atoms with van der Waals surface area (Å²) in [7, 11) is 1.45. The molecule has 0 aliphatic heterocycles. The first kappa shape index (κ1) is 18.2. The largest absolute Gasteiger partial charge is 0.493 e. The summed E-state index contributed by atoms with van der Waals surface area (Å²) in [5.74, 6) is 0.981. The number of esters is 1. The molecule has 0 N–H and O–H groups in total. The van der Waals surface area contributed by atoms with E-state index in [0.717, 1.165) is 0 Å². The molecule has 8 heteroatoms. The fourth-order valence-corrected chi connectivity index (χ4v) is 2.25. The lowest BCUT2D eigenvalue weighted by Crippen LogP contribution is -2.15. The van der Waals surface area contributed by atoms with E-state index in [1.165, 1.54) is 20.3 Å². The fourth-order valence-electron chi connectivity index (χ4n) is 2.25. The van der Waals surface area contributed by atoms with E-state index in [0.29, 0.717) is 34.3 Å². The van der Waals surface area contributed by atoms with Gasteiger partial charge in [0.15, 0.2) is 29.6 Å². The number of methoxy groups -OCH3 is 1. The van der Waals surface area contributed by atoms with Crippen molar-refractivity contribution in [2.45, 2.75) is 13.5 Å². The first-order valence-electron chi connectivity index (χ1n) is 8.03. The first-order valence-corrected chi connectivity index (χ1v) is 8.03. The summed E-state index contributed by atoms with van der Waals surface area (Å²) < 4.78 is 26.0. The Balaban J connectivity index is 1.52. The third-order valence-electron chi connectivity index (χ3n) is 3.62. The maximum absolute atomic E-state index is 11.9. The number of ketones is 1. The Hall–Kier alpha value is -3.55. The zero-order valence-electron chi connectivity index (χ0n) is 14.8. The molecule has 0 fully saturated rings. The Morgan fingerprint density at radius 1 is 1.11 bits per heavy atom. The number of carbonyl (C=O) groups is 2. The summed E-state index contributed by atoms with van der Waals surface area (Å²) in [4.78, 5) is 23.3.